The van der Waals surface area contributed by atoms with E-state index in [1.54, 1.807) is 48.7 Å². The summed E-state index contributed by atoms with van der Waals surface area (Å²) < 4.78 is 5.30. The number of aliphatic hydroxyl groups excluding tert-OH is 1. The molecular weight excluding hydrogens is 611 g/mol. The highest BCUT2D eigenvalue weighted by Crippen LogP contribution is 2.25. The van der Waals surface area contributed by atoms with E-state index < -0.39 is 18.1 Å². The Morgan fingerprint density at radius 3 is 2.49 bits per heavy atom. The third-order valence-electron chi connectivity index (χ3n) is 7.93. The van der Waals surface area contributed by atoms with Crippen molar-refractivity contribution in [3.63, 3.8) is 0 Å². The smallest absolute Gasteiger partial charge is 0.254 e. The molecule has 3 aromatic heterocycles. The largest absolute Gasteiger partial charge is 0.472 e. The monoisotopic (exact) mass is 651 g/mol. The molecule has 0 aliphatic heterocycles. The van der Waals surface area contributed by atoms with Gasteiger partial charge in [-0.1, -0.05) is 50.2 Å². The minimum Gasteiger partial charge on any atom is -0.472 e. The first-order valence-electron chi connectivity index (χ1n) is 15.7. The van der Waals surface area contributed by atoms with Crippen LogP contribution in [0.1, 0.15) is 67.9 Å². The zero-order valence-corrected chi connectivity index (χ0v) is 28.0. The van der Waals surface area contributed by atoms with E-state index in [9.17, 15) is 14.7 Å². The molecule has 0 saturated heterocycles. The van der Waals surface area contributed by atoms with Crippen LogP contribution >= 0.6 is 11.3 Å². The van der Waals surface area contributed by atoms with Crippen molar-refractivity contribution in [2.45, 2.75) is 58.3 Å². The summed E-state index contributed by atoms with van der Waals surface area (Å²) in [5.41, 5.74) is 6.15. The van der Waals surface area contributed by atoms with Gasteiger partial charge in [0.2, 0.25) is 0 Å². The van der Waals surface area contributed by atoms with Gasteiger partial charge in [0, 0.05) is 60.3 Å². The van der Waals surface area contributed by atoms with Crippen LogP contribution in [0.4, 0.5) is 0 Å². The van der Waals surface area contributed by atoms with Gasteiger partial charge in [0.1, 0.15) is 5.01 Å². The second kappa shape index (κ2) is 15.8. The van der Waals surface area contributed by atoms with Crippen LogP contribution in [0.3, 0.4) is 0 Å². The lowest BCUT2D eigenvalue weighted by Crippen LogP contribution is -2.48. The van der Waals surface area contributed by atoms with E-state index in [1.165, 1.54) is 11.3 Å². The number of benzene rings is 2. The lowest BCUT2D eigenvalue weighted by Gasteiger charge is -2.25. The Kier molecular flexibility index (Phi) is 11.3. The number of amides is 2. The van der Waals surface area contributed by atoms with Crippen molar-refractivity contribution in [2.24, 2.45) is 0 Å². The molecule has 0 bridgehead atoms. The van der Waals surface area contributed by atoms with Gasteiger partial charge >= 0.3 is 0 Å². The van der Waals surface area contributed by atoms with E-state index in [2.05, 4.69) is 40.5 Å². The molecule has 3 N–H and O–H groups in total. The first-order valence-corrected chi connectivity index (χ1v) is 16.6. The van der Waals surface area contributed by atoms with Crippen LogP contribution in [-0.2, 0) is 19.5 Å². The van der Waals surface area contributed by atoms with Gasteiger partial charge in [0.15, 0.2) is 0 Å². The van der Waals surface area contributed by atoms with E-state index in [0.717, 1.165) is 33.0 Å². The van der Waals surface area contributed by atoms with Crippen molar-refractivity contribution in [1.29, 1.82) is 0 Å². The Bertz CT molecular complexity index is 1770. The second-order valence-corrected chi connectivity index (χ2v) is 13.0. The molecule has 0 spiro atoms. The van der Waals surface area contributed by atoms with E-state index in [4.69, 9.17) is 4.42 Å². The van der Waals surface area contributed by atoms with Gasteiger partial charge < -0.3 is 25.1 Å². The van der Waals surface area contributed by atoms with Gasteiger partial charge in [-0.15, -0.1) is 11.3 Å². The minimum absolute atomic E-state index is 0.238. The summed E-state index contributed by atoms with van der Waals surface area (Å²) in [7, 11) is 1.72. The molecule has 2 amide bonds. The molecule has 47 heavy (non-hydrogen) atoms. The van der Waals surface area contributed by atoms with Crippen molar-refractivity contribution >= 4 is 23.2 Å². The SMILES string of the molecule is Cc1csc(CN(C)C(=O)c2cc(C(=O)N[C@@H](Cc3ccccc3)[C@H](O)CNCc3cncc(C(C)C)c3)cc(-c3ccoc3)c2)n1. The number of furan rings is 1. The maximum Gasteiger partial charge on any atom is 0.254 e. The van der Waals surface area contributed by atoms with Crippen molar-refractivity contribution in [3.05, 3.63) is 129 Å². The third kappa shape index (κ3) is 9.22. The van der Waals surface area contributed by atoms with Crippen LogP contribution in [0.5, 0.6) is 0 Å². The summed E-state index contributed by atoms with van der Waals surface area (Å²) in [6.07, 6.45) is 6.34. The van der Waals surface area contributed by atoms with Crippen LogP contribution in [0, 0.1) is 6.92 Å². The third-order valence-corrected chi connectivity index (χ3v) is 8.88. The average molecular weight is 652 g/mol. The number of carbonyl (C=O) groups is 2. The Hall–Kier alpha value is -4.64. The predicted molar refractivity (Wildman–Crippen MR) is 184 cm³/mol. The maximum atomic E-state index is 13.9. The number of aromatic nitrogens is 2. The Labute approximate surface area is 279 Å². The standard InChI is InChI=1S/C37H41N5O4S/c1-24(2)32-12-27(17-38-19-32)18-39-20-34(43)33(13-26-8-6-5-7-9-26)41-36(44)30-14-29(28-10-11-46-22-28)15-31(16-30)37(45)42(4)21-35-40-25(3)23-47-35/h5-12,14-17,19,22-24,33-34,39,43H,13,18,20-21H2,1-4H3,(H,41,44)/t33-,34+/m0/s1. The molecule has 0 unspecified atom stereocenters. The number of nitrogens with zero attached hydrogens (tertiary/aromatic N) is 3. The highest BCUT2D eigenvalue weighted by molar-refractivity contribution is 7.09. The molecule has 0 radical (unpaired) electrons. The van der Waals surface area contributed by atoms with E-state index in [-0.39, 0.29) is 12.5 Å². The molecule has 0 aliphatic carbocycles. The molecule has 2 aromatic carbocycles. The van der Waals surface area contributed by atoms with E-state index in [1.807, 2.05) is 55.0 Å². The molecule has 5 rings (SSSR count). The van der Waals surface area contributed by atoms with Crippen molar-refractivity contribution < 1.29 is 19.1 Å². The predicted octanol–water partition coefficient (Wildman–Crippen LogP) is 5.99. The van der Waals surface area contributed by atoms with Gasteiger partial charge in [0.05, 0.1) is 31.2 Å². The Balaban J connectivity index is 1.35. The molecule has 5 aromatic rings. The van der Waals surface area contributed by atoms with Crippen molar-refractivity contribution in [3.8, 4) is 11.1 Å². The quantitative estimate of drug-likeness (QED) is 0.135. The number of aryl methyl sites for hydroxylation is 1. The molecule has 0 fully saturated rings. The first-order chi connectivity index (χ1) is 22.7. The highest BCUT2D eigenvalue weighted by atomic mass is 32.1. The Morgan fingerprint density at radius 1 is 1.00 bits per heavy atom. The van der Waals surface area contributed by atoms with Gasteiger partial charge in [-0.2, -0.15) is 0 Å². The van der Waals surface area contributed by atoms with Crippen LogP contribution < -0.4 is 10.6 Å². The fraction of sp³-hybridized carbons (Fsp3) is 0.297. The van der Waals surface area contributed by atoms with Crippen molar-refractivity contribution in [1.82, 2.24) is 25.5 Å². The van der Waals surface area contributed by atoms with Crippen LogP contribution in [0.2, 0.25) is 0 Å². The summed E-state index contributed by atoms with van der Waals surface area (Å²) in [6, 6.07) is 18.1. The van der Waals surface area contributed by atoms with Crippen molar-refractivity contribution in [2.75, 3.05) is 13.6 Å². The van der Waals surface area contributed by atoms with Gasteiger partial charge in [0.25, 0.3) is 11.8 Å². The summed E-state index contributed by atoms with van der Waals surface area (Å²) in [4.78, 5) is 37.9. The lowest BCUT2D eigenvalue weighted by molar-refractivity contribution is 0.0784. The number of aliphatic hydroxyl groups is 1. The molecule has 10 heteroatoms. The fourth-order valence-corrected chi connectivity index (χ4v) is 6.10. The molecular formula is C37H41N5O4S. The number of nitrogens with one attached hydrogen (secondary N) is 2. The molecule has 2 atom stereocenters. The van der Waals surface area contributed by atoms with Crippen LogP contribution in [-0.4, -0.2) is 57.5 Å². The van der Waals surface area contributed by atoms with Crippen LogP contribution in [0.15, 0.2) is 95.4 Å². The normalized spacial score (nSPS) is 12.6. The summed E-state index contributed by atoms with van der Waals surface area (Å²) in [6.45, 7) is 7.31. The summed E-state index contributed by atoms with van der Waals surface area (Å²) >= 11 is 1.50. The Morgan fingerprint density at radius 2 is 1.79 bits per heavy atom. The lowest BCUT2D eigenvalue weighted by atomic mass is 9.98. The first kappa shape index (κ1) is 33.7. The topological polar surface area (TPSA) is 121 Å². The number of hydrogen-bond acceptors (Lipinski definition) is 8. The summed E-state index contributed by atoms with van der Waals surface area (Å²) in [5, 5.41) is 20.6. The molecule has 3 heterocycles. The molecule has 0 saturated carbocycles. The van der Waals surface area contributed by atoms with Gasteiger partial charge in [-0.25, -0.2) is 4.98 Å². The minimum atomic E-state index is -0.897. The number of hydrogen-bond donors (Lipinski definition) is 3. The highest BCUT2D eigenvalue weighted by Gasteiger charge is 2.24. The fourth-order valence-electron chi connectivity index (χ4n) is 5.28. The van der Waals surface area contributed by atoms with Gasteiger partial charge in [-0.05, 0) is 65.8 Å². The zero-order valence-electron chi connectivity index (χ0n) is 27.1. The molecule has 244 valence electrons. The average Bonchev–Trinajstić information content (AvgIpc) is 3.76. The molecule has 0 aliphatic rings. The second-order valence-electron chi connectivity index (χ2n) is 12.1. The number of thiazole rings is 1. The zero-order chi connectivity index (χ0) is 33.3. The van der Waals surface area contributed by atoms with Crippen LogP contribution in [0.25, 0.3) is 11.1 Å². The summed E-state index contributed by atoms with van der Waals surface area (Å²) in [5.74, 6) is -0.265. The van der Waals surface area contributed by atoms with Gasteiger partial charge in [-0.3, -0.25) is 14.6 Å². The van der Waals surface area contributed by atoms with E-state index in [0.29, 0.717) is 42.1 Å². The maximum absolute atomic E-state index is 13.9. The number of pyridine rings is 1. The number of carbonyl (C=O) groups excluding carboxylic acids is 2. The molecule has 9 nitrogen and oxygen atoms in total. The number of rotatable bonds is 14. The van der Waals surface area contributed by atoms with E-state index >= 15 is 0 Å².